The van der Waals surface area contributed by atoms with E-state index in [9.17, 15) is 0 Å². The first kappa shape index (κ1) is 9.51. The van der Waals surface area contributed by atoms with E-state index in [1.165, 1.54) is 0 Å². The van der Waals surface area contributed by atoms with Gasteiger partial charge in [-0.05, 0) is 18.6 Å². The zero-order valence-electron chi connectivity index (χ0n) is 7.92. The molecule has 1 aromatic carbocycles. The van der Waals surface area contributed by atoms with E-state index in [-0.39, 0.29) is 0 Å². The molecule has 0 saturated heterocycles. The van der Waals surface area contributed by atoms with Crippen molar-refractivity contribution >= 4 is 5.69 Å². The molecule has 0 aliphatic carbocycles. The minimum Gasteiger partial charge on any atom is -0.496 e. The SMILES string of the molecule is COc1cc(OC)c(N=N)cc1C. The van der Waals surface area contributed by atoms with Gasteiger partial charge in [0.25, 0.3) is 0 Å². The number of rotatable bonds is 3. The molecule has 0 atom stereocenters. The van der Waals surface area contributed by atoms with Gasteiger partial charge in [0.1, 0.15) is 17.2 Å². The van der Waals surface area contributed by atoms with E-state index in [1.54, 1.807) is 26.4 Å². The molecule has 0 amide bonds. The summed E-state index contributed by atoms with van der Waals surface area (Å²) in [5.41, 5.74) is 8.37. The molecule has 4 heteroatoms. The molecule has 0 radical (unpaired) electrons. The Kier molecular flexibility index (Phi) is 2.84. The molecule has 0 bridgehead atoms. The van der Waals surface area contributed by atoms with Crippen LogP contribution in [-0.4, -0.2) is 14.2 Å². The molecular formula is C9H12N2O2. The van der Waals surface area contributed by atoms with Crippen molar-refractivity contribution in [2.24, 2.45) is 5.11 Å². The monoisotopic (exact) mass is 180 g/mol. The Hall–Kier alpha value is -1.58. The smallest absolute Gasteiger partial charge is 0.150 e. The second-order valence-corrected chi connectivity index (χ2v) is 2.61. The minimum atomic E-state index is 0.515. The van der Waals surface area contributed by atoms with Crippen LogP contribution in [0.15, 0.2) is 17.2 Å². The van der Waals surface area contributed by atoms with Gasteiger partial charge in [0, 0.05) is 6.07 Å². The summed E-state index contributed by atoms with van der Waals surface area (Å²) in [6.45, 7) is 1.90. The Labute approximate surface area is 77.0 Å². The van der Waals surface area contributed by atoms with Crippen LogP contribution in [0.5, 0.6) is 11.5 Å². The zero-order valence-corrected chi connectivity index (χ0v) is 7.92. The Bertz CT molecular complexity index is 324. The quantitative estimate of drug-likeness (QED) is 0.727. The summed E-state index contributed by atoms with van der Waals surface area (Å²) < 4.78 is 10.1. The highest BCUT2D eigenvalue weighted by Gasteiger charge is 2.06. The van der Waals surface area contributed by atoms with Crippen LogP contribution in [0.4, 0.5) is 5.69 Å². The van der Waals surface area contributed by atoms with Gasteiger partial charge in [0.15, 0.2) is 0 Å². The molecule has 0 unspecified atom stereocenters. The van der Waals surface area contributed by atoms with E-state index >= 15 is 0 Å². The maximum absolute atomic E-state index is 6.92. The standard InChI is InChI=1S/C9H12N2O2/c1-6-4-7(11-10)9(13-3)5-8(6)12-2/h4-5,10H,1-3H3. The van der Waals surface area contributed by atoms with Gasteiger partial charge in [-0.15, -0.1) is 0 Å². The third-order valence-corrected chi connectivity index (χ3v) is 1.82. The van der Waals surface area contributed by atoms with Crippen molar-refractivity contribution in [2.75, 3.05) is 14.2 Å². The van der Waals surface area contributed by atoms with Crippen LogP contribution >= 0.6 is 0 Å². The van der Waals surface area contributed by atoms with Crippen molar-refractivity contribution in [3.8, 4) is 11.5 Å². The first-order valence-electron chi connectivity index (χ1n) is 3.83. The second kappa shape index (κ2) is 3.89. The molecule has 0 aliphatic heterocycles. The molecule has 0 spiro atoms. The van der Waals surface area contributed by atoms with Crippen LogP contribution in [0.1, 0.15) is 5.56 Å². The third kappa shape index (κ3) is 1.77. The molecule has 13 heavy (non-hydrogen) atoms. The highest BCUT2D eigenvalue weighted by molar-refractivity contribution is 5.57. The normalized spacial score (nSPS) is 9.46. The molecule has 1 aromatic rings. The summed E-state index contributed by atoms with van der Waals surface area (Å²) in [7, 11) is 3.14. The number of ether oxygens (including phenoxy) is 2. The van der Waals surface area contributed by atoms with Gasteiger partial charge in [0.05, 0.1) is 14.2 Å². The number of nitrogens with zero attached hydrogens (tertiary/aromatic N) is 1. The van der Waals surface area contributed by atoms with Crippen LogP contribution < -0.4 is 9.47 Å². The average molecular weight is 180 g/mol. The summed E-state index contributed by atoms with van der Waals surface area (Å²) >= 11 is 0. The Morgan fingerprint density at radius 3 is 2.23 bits per heavy atom. The molecule has 0 aliphatic rings. The molecule has 0 aromatic heterocycles. The summed E-state index contributed by atoms with van der Waals surface area (Å²) in [6, 6.07) is 3.48. The molecular weight excluding hydrogens is 168 g/mol. The Morgan fingerprint density at radius 2 is 1.77 bits per heavy atom. The highest BCUT2D eigenvalue weighted by Crippen LogP contribution is 2.34. The van der Waals surface area contributed by atoms with Crippen LogP contribution in [0.3, 0.4) is 0 Å². The molecule has 0 fully saturated rings. The van der Waals surface area contributed by atoms with Gasteiger partial charge in [-0.25, -0.2) is 5.53 Å². The fourth-order valence-corrected chi connectivity index (χ4v) is 1.12. The van der Waals surface area contributed by atoms with E-state index in [0.29, 0.717) is 11.4 Å². The fourth-order valence-electron chi connectivity index (χ4n) is 1.12. The van der Waals surface area contributed by atoms with Gasteiger partial charge >= 0.3 is 0 Å². The molecule has 0 heterocycles. The minimum absolute atomic E-state index is 0.515. The zero-order chi connectivity index (χ0) is 9.84. The lowest BCUT2D eigenvalue weighted by molar-refractivity contribution is 0.393. The molecule has 4 nitrogen and oxygen atoms in total. The largest absolute Gasteiger partial charge is 0.496 e. The van der Waals surface area contributed by atoms with Crippen LogP contribution in [0.25, 0.3) is 0 Å². The molecule has 1 N–H and O–H groups in total. The number of methoxy groups -OCH3 is 2. The maximum atomic E-state index is 6.92. The number of nitrogens with one attached hydrogen (secondary N) is 1. The van der Waals surface area contributed by atoms with E-state index in [4.69, 9.17) is 15.0 Å². The first-order valence-corrected chi connectivity index (χ1v) is 3.83. The predicted octanol–water partition coefficient (Wildman–Crippen LogP) is 2.67. The highest BCUT2D eigenvalue weighted by atomic mass is 16.5. The topological polar surface area (TPSA) is 54.7 Å². The second-order valence-electron chi connectivity index (χ2n) is 2.61. The molecule has 70 valence electrons. The van der Waals surface area contributed by atoms with Gasteiger partial charge < -0.3 is 9.47 Å². The van der Waals surface area contributed by atoms with Gasteiger partial charge in [-0.1, -0.05) is 0 Å². The van der Waals surface area contributed by atoms with Crippen molar-refractivity contribution in [1.82, 2.24) is 0 Å². The van der Waals surface area contributed by atoms with Crippen molar-refractivity contribution in [3.05, 3.63) is 17.7 Å². The number of benzene rings is 1. The van der Waals surface area contributed by atoms with Crippen molar-refractivity contribution in [1.29, 1.82) is 5.53 Å². The van der Waals surface area contributed by atoms with Crippen molar-refractivity contribution < 1.29 is 9.47 Å². The van der Waals surface area contributed by atoms with E-state index < -0.39 is 0 Å². The summed E-state index contributed by atoms with van der Waals surface area (Å²) in [5.74, 6) is 1.29. The Morgan fingerprint density at radius 1 is 1.15 bits per heavy atom. The van der Waals surface area contributed by atoms with E-state index in [2.05, 4.69) is 5.11 Å². The van der Waals surface area contributed by atoms with Gasteiger partial charge in [-0.2, -0.15) is 5.11 Å². The summed E-state index contributed by atoms with van der Waals surface area (Å²) in [5, 5.41) is 3.35. The average Bonchev–Trinajstić information content (AvgIpc) is 2.17. The first-order chi connectivity index (χ1) is 6.22. The van der Waals surface area contributed by atoms with E-state index in [0.717, 1.165) is 11.3 Å². The van der Waals surface area contributed by atoms with Crippen molar-refractivity contribution in [2.45, 2.75) is 6.92 Å². The van der Waals surface area contributed by atoms with Crippen molar-refractivity contribution in [3.63, 3.8) is 0 Å². The van der Waals surface area contributed by atoms with Gasteiger partial charge in [-0.3, -0.25) is 0 Å². The lowest BCUT2D eigenvalue weighted by Crippen LogP contribution is -1.90. The molecule has 1 rings (SSSR count). The lowest BCUT2D eigenvalue weighted by Gasteiger charge is -2.08. The van der Waals surface area contributed by atoms with Crippen LogP contribution in [0, 0.1) is 12.5 Å². The predicted molar refractivity (Wildman–Crippen MR) is 49.1 cm³/mol. The van der Waals surface area contributed by atoms with Crippen LogP contribution in [-0.2, 0) is 0 Å². The fraction of sp³-hybridized carbons (Fsp3) is 0.333. The summed E-state index contributed by atoms with van der Waals surface area (Å²) in [4.78, 5) is 0. The number of aryl methyl sites for hydroxylation is 1. The van der Waals surface area contributed by atoms with Crippen LogP contribution in [0.2, 0.25) is 0 Å². The molecule has 0 saturated carbocycles. The lowest BCUT2D eigenvalue weighted by atomic mass is 10.2. The Balaban J connectivity index is 3.26. The maximum Gasteiger partial charge on any atom is 0.150 e. The van der Waals surface area contributed by atoms with Gasteiger partial charge in [0.2, 0.25) is 0 Å². The van der Waals surface area contributed by atoms with E-state index in [1.807, 2.05) is 6.92 Å². The number of hydrogen-bond donors (Lipinski definition) is 1. The third-order valence-electron chi connectivity index (χ3n) is 1.82. The number of hydrogen-bond acceptors (Lipinski definition) is 4. The summed E-state index contributed by atoms with van der Waals surface area (Å²) in [6.07, 6.45) is 0.